The number of carboxylic acid groups (broad SMARTS) is 1. The van der Waals surface area contributed by atoms with Crippen LogP contribution in [0.25, 0.3) is 0 Å². The van der Waals surface area contributed by atoms with Gasteiger partial charge in [0.2, 0.25) is 0 Å². The van der Waals surface area contributed by atoms with Crippen molar-refractivity contribution in [1.82, 2.24) is 0 Å². The van der Waals surface area contributed by atoms with Gasteiger partial charge in [-0.1, -0.05) is 195 Å². The van der Waals surface area contributed by atoms with Crippen LogP contribution in [0.3, 0.4) is 0 Å². The van der Waals surface area contributed by atoms with Gasteiger partial charge in [-0.2, -0.15) is 0 Å². The van der Waals surface area contributed by atoms with Gasteiger partial charge in [0.15, 0.2) is 0 Å². The summed E-state index contributed by atoms with van der Waals surface area (Å²) in [6.45, 7) is 9.44. The number of hydrogen-bond donors (Lipinski definition) is 1. The van der Waals surface area contributed by atoms with Gasteiger partial charge >= 0.3 is 0 Å². The van der Waals surface area contributed by atoms with E-state index in [9.17, 15) is 9.90 Å². The molecule has 1 rings (SSSR count). The van der Waals surface area contributed by atoms with Gasteiger partial charge in [-0.15, -0.1) is 0 Å². The number of carboxylic acids is 1. The Labute approximate surface area is 284 Å². The molecule has 0 aromatic heterocycles. The van der Waals surface area contributed by atoms with E-state index in [0.29, 0.717) is 5.41 Å². The average Bonchev–Trinajstić information content (AvgIpc) is 3.01. The molecule has 3 heteroatoms. The first-order valence-corrected chi connectivity index (χ1v) is 20.8. The summed E-state index contributed by atoms with van der Waals surface area (Å²) < 4.78 is 0. The molecule has 0 heterocycles. The SMILES string of the molecule is CCCCCCCCCCCCCCCC([NH3+])C1CCC(C)(C)CC1.CCCCCCCCCCCCCCCCCC(=O)[O-]. The van der Waals surface area contributed by atoms with E-state index in [-0.39, 0.29) is 6.42 Å². The zero-order valence-corrected chi connectivity index (χ0v) is 31.7. The molecule has 1 fully saturated rings. The van der Waals surface area contributed by atoms with Crippen molar-refractivity contribution in [2.24, 2.45) is 11.3 Å². The maximum atomic E-state index is 10.2. The standard InChI is InChI=1S/C24H49N.C18H36O2/c1-4-5-6-7-8-9-10-11-12-13-14-15-16-17-23(25)22-18-20-24(2,3)21-19-22;1-2-3-4-5-6-7-8-9-10-11-12-13-14-15-16-17-18(19)20/h22-23H,4-21,25H2,1-3H3;2-17H2,1H3,(H,19,20). The number of quaternary nitrogens is 1. The molecule has 0 radical (unpaired) electrons. The molecule has 1 aliphatic rings. The highest BCUT2D eigenvalue weighted by Crippen LogP contribution is 2.39. The van der Waals surface area contributed by atoms with Crippen molar-refractivity contribution in [2.45, 2.75) is 252 Å². The van der Waals surface area contributed by atoms with Crippen LogP contribution in [0, 0.1) is 11.3 Å². The minimum absolute atomic E-state index is 0.234. The lowest BCUT2D eigenvalue weighted by Gasteiger charge is -2.35. The predicted molar refractivity (Wildman–Crippen MR) is 197 cm³/mol. The van der Waals surface area contributed by atoms with Crippen LogP contribution in [-0.4, -0.2) is 12.0 Å². The van der Waals surface area contributed by atoms with Crippen molar-refractivity contribution >= 4 is 5.97 Å². The van der Waals surface area contributed by atoms with Crippen LogP contribution in [-0.2, 0) is 4.79 Å². The summed E-state index contributed by atoms with van der Waals surface area (Å²) in [5.74, 6) is 0.0186. The third-order valence-electron chi connectivity index (χ3n) is 10.7. The van der Waals surface area contributed by atoms with Crippen molar-refractivity contribution in [3.8, 4) is 0 Å². The number of rotatable bonds is 31. The van der Waals surface area contributed by atoms with Crippen LogP contribution in [0.15, 0.2) is 0 Å². The number of hydrogen-bond acceptors (Lipinski definition) is 2. The Morgan fingerprint density at radius 2 is 0.844 bits per heavy atom. The van der Waals surface area contributed by atoms with Crippen LogP contribution in [0.1, 0.15) is 246 Å². The van der Waals surface area contributed by atoms with Crippen molar-refractivity contribution in [3.63, 3.8) is 0 Å². The van der Waals surface area contributed by atoms with Crippen LogP contribution in [0.4, 0.5) is 0 Å². The molecule has 45 heavy (non-hydrogen) atoms. The molecule has 0 aromatic rings. The fourth-order valence-electron chi connectivity index (χ4n) is 7.19. The summed E-state index contributed by atoms with van der Waals surface area (Å²) in [4.78, 5) is 10.2. The molecular weight excluding hydrogens is 550 g/mol. The van der Waals surface area contributed by atoms with Crippen molar-refractivity contribution in [2.75, 3.05) is 0 Å². The van der Waals surface area contributed by atoms with Crippen molar-refractivity contribution in [1.29, 1.82) is 0 Å². The molecule has 3 N–H and O–H groups in total. The summed E-state index contributed by atoms with van der Waals surface area (Å²) in [5.41, 5.74) is 5.11. The number of carbonyl (C=O) groups is 1. The molecule has 3 nitrogen and oxygen atoms in total. The second-order valence-electron chi connectivity index (χ2n) is 15.9. The minimum Gasteiger partial charge on any atom is -0.550 e. The van der Waals surface area contributed by atoms with Crippen molar-refractivity contribution < 1.29 is 15.6 Å². The molecule has 0 aromatic carbocycles. The number of carbonyl (C=O) groups excluding carboxylic acids is 1. The van der Waals surface area contributed by atoms with Crippen LogP contribution in [0.2, 0.25) is 0 Å². The van der Waals surface area contributed by atoms with Gasteiger partial charge < -0.3 is 15.6 Å². The van der Waals surface area contributed by atoms with E-state index in [2.05, 4.69) is 33.4 Å². The topological polar surface area (TPSA) is 67.8 Å². The highest BCUT2D eigenvalue weighted by Gasteiger charge is 2.31. The summed E-state index contributed by atoms with van der Waals surface area (Å²) in [7, 11) is 0. The molecule has 0 amide bonds. The molecule has 1 aliphatic carbocycles. The molecule has 0 aliphatic heterocycles. The summed E-state index contributed by atoms with van der Waals surface area (Å²) in [6.07, 6.45) is 45.8. The fraction of sp³-hybridized carbons (Fsp3) is 0.976. The summed E-state index contributed by atoms with van der Waals surface area (Å²) in [6, 6.07) is 0.726. The lowest BCUT2D eigenvalue weighted by Crippen LogP contribution is -2.64. The molecule has 1 saturated carbocycles. The Morgan fingerprint density at radius 3 is 1.16 bits per heavy atom. The van der Waals surface area contributed by atoms with Gasteiger partial charge in [0, 0.05) is 11.9 Å². The first-order valence-electron chi connectivity index (χ1n) is 20.8. The Morgan fingerprint density at radius 1 is 0.556 bits per heavy atom. The smallest absolute Gasteiger partial charge is 0.0872 e. The zero-order valence-electron chi connectivity index (χ0n) is 31.7. The molecule has 0 bridgehead atoms. The van der Waals surface area contributed by atoms with Crippen LogP contribution >= 0.6 is 0 Å². The van der Waals surface area contributed by atoms with E-state index in [0.717, 1.165) is 24.8 Å². The van der Waals surface area contributed by atoms with Gasteiger partial charge in [0.05, 0.1) is 6.04 Å². The predicted octanol–water partition coefficient (Wildman–Crippen LogP) is 12.3. The Bertz CT molecular complexity index is 594. The van der Waals surface area contributed by atoms with Gasteiger partial charge in [0.1, 0.15) is 0 Å². The van der Waals surface area contributed by atoms with E-state index in [1.165, 1.54) is 199 Å². The molecule has 1 unspecified atom stereocenters. The largest absolute Gasteiger partial charge is 0.550 e. The van der Waals surface area contributed by atoms with E-state index in [4.69, 9.17) is 0 Å². The fourth-order valence-corrected chi connectivity index (χ4v) is 7.19. The third kappa shape index (κ3) is 33.1. The molecule has 0 spiro atoms. The van der Waals surface area contributed by atoms with E-state index in [1.807, 2.05) is 0 Å². The summed E-state index contributed by atoms with van der Waals surface area (Å²) in [5, 5.41) is 10.2. The second-order valence-corrected chi connectivity index (χ2v) is 15.9. The normalized spacial score (nSPS) is 15.5. The lowest BCUT2D eigenvalue weighted by atomic mass is 9.70. The first kappa shape index (κ1) is 44.4. The number of aliphatic carboxylic acids is 1. The zero-order chi connectivity index (χ0) is 33.3. The van der Waals surface area contributed by atoms with Gasteiger partial charge in [-0.25, -0.2) is 0 Å². The van der Waals surface area contributed by atoms with E-state index >= 15 is 0 Å². The monoisotopic (exact) mass is 636 g/mol. The van der Waals surface area contributed by atoms with Gasteiger partial charge in [-0.3, -0.25) is 0 Å². The van der Waals surface area contributed by atoms with Gasteiger partial charge in [-0.05, 0) is 56.8 Å². The maximum Gasteiger partial charge on any atom is 0.0872 e. The molecule has 1 atom stereocenters. The van der Waals surface area contributed by atoms with Gasteiger partial charge in [0.25, 0.3) is 0 Å². The summed E-state index contributed by atoms with van der Waals surface area (Å²) >= 11 is 0. The van der Waals surface area contributed by atoms with Crippen LogP contribution < -0.4 is 10.8 Å². The quantitative estimate of drug-likeness (QED) is 0.0770. The average molecular weight is 636 g/mol. The van der Waals surface area contributed by atoms with E-state index < -0.39 is 5.97 Å². The van der Waals surface area contributed by atoms with E-state index in [1.54, 1.807) is 0 Å². The number of unbranched alkanes of at least 4 members (excludes halogenated alkanes) is 26. The van der Waals surface area contributed by atoms with Crippen molar-refractivity contribution in [3.05, 3.63) is 0 Å². The van der Waals surface area contributed by atoms with Crippen LogP contribution in [0.5, 0.6) is 0 Å². The second kappa shape index (κ2) is 33.3. The highest BCUT2D eigenvalue weighted by molar-refractivity contribution is 5.64. The Kier molecular flexibility index (Phi) is 32.9. The lowest BCUT2D eigenvalue weighted by molar-refractivity contribution is -0.436. The molecular formula is C42H85NO2. The first-order chi connectivity index (χ1) is 21.8. The maximum absolute atomic E-state index is 10.2. The Hall–Kier alpha value is -0.570. The highest BCUT2D eigenvalue weighted by atomic mass is 16.4. The molecule has 0 saturated heterocycles. The Balaban J connectivity index is 0.000000884. The third-order valence-corrected chi connectivity index (χ3v) is 10.7. The minimum atomic E-state index is -0.903. The molecule has 270 valence electrons.